The van der Waals surface area contributed by atoms with Gasteiger partial charge in [0, 0.05) is 28.0 Å². The molecule has 1 aromatic heterocycles. The van der Waals surface area contributed by atoms with Crippen LogP contribution in [0.5, 0.6) is 0 Å². The lowest BCUT2D eigenvalue weighted by Gasteiger charge is -2.33. The molecule has 0 saturated carbocycles. The van der Waals surface area contributed by atoms with Crippen molar-refractivity contribution in [3.05, 3.63) is 216 Å². The standard InChI is InChI=1S/C57H45N3/c1-56(2)49-21-12-11-20-45(49)47-34-52-48(35-51(47)56)46-33-43(30-31-50(46)57(52,3)4)39-24-22-38(23-25-39)42-18-13-19-44(32-42)55-59-53(40-16-9-6-10-17-40)58-54(60-55)41-28-26-37(27-29-41)36-14-7-5-8-15-36/h5-35,47,51H,1-4H3. The maximum absolute atomic E-state index is 5.06. The van der Waals surface area contributed by atoms with Crippen LogP contribution in [0.2, 0.25) is 0 Å². The summed E-state index contributed by atoms with van der Waals surface area (Å²) in [5.41, 5.74) is 18.6. The molecule has 0 amide bonds. The van der Waals surface area contributed by atoms with Gasteiger partial charge in [-0.1, -0.05) is 204 Å². The number of hydrogen-bond donors (Lipinski definition) is 0. The van der Waals surface area contributed by atoms with Gasteiger partial charge in [0.2, 0.25) is 0 Å². The van der Waals surface area contributed by atoms with E-state index in [9.17, 15) is 0 Å². The van der Waals surface area contributed by atoms with Crippen LogP contribution in [-0.2, 0) is 10.8 Å². The monoisotopic (exact) mass is 771 g/mol. The number of hydrogen-bond acceptors (Lipinski definition) is 3. The summed E-state index contributed by atoms with van der Waals surface area (Å²) in [4.78, 5) is 15.1. The SMILES string of the molecule is CC1(C)C2=CC3c4ccccc4C(C)(C)C3C=C2c2cc(-c3ccc(-c4cccc(-c5nc(-c6ccccc6)nc(-c6ccc(-c7ccccc7)cc6)n5)c4)cc3)ccc21. The summed E-state index contributed by atoms with van der Waals surface area (Å²) >= 11 is 0. The van der Waals surface area contributed by atoms with E-state index in [0.717, 1.165) is 33.4 Å². The van der Waals surface area contributed by atoms with Crippen molar-refractivity contribution >= 4 is 5.57 Å². The Labute approximate surface area is 352 Å². The summed E-state index contributed by atoms with van der Waals surface area (Å²) in [5, 5.41) is 0. The second kappa shape index (κ2) is 13.8. The average Bonchev–Trinajstić information content (AvgIpc) is 3.67. The average molecular weight is 772 g/mol. The molecule has 3 aliphatic carbocycles. The fourth-order valence-corrected chi connectivity index (χ4v) is 10.1. The highest BCUT2D eigenvalue weighted by molar-refractivity contribution is 5.93. The Morgan fingerprint density at radius 3 is 1.52 bits per heavy atom. The second-order valence-electron chi connectivity index (χ2n) is 17.7. The van der Waals surface area contributed by atoms with Gasteiger partial charge < -0.3 is 0 Å². The first-order valence-corrected chi connectivity index (χ1v) is 21.1. The van der Waals surface area contributed by atoms with Crippen molar-refractivity contribution in [3.8, 4) is 67.5 Å². The Morgan fingerprint density at radius 1 is 0.383 bits per heavy atom. The van der Waals surface area contributed by atoms with E-state index in [1.807, 2.05) is 36.4 Å². The minimum absolute atomic E-state index is 0.0463. The number of benzene rings is 7. The van der Waals surface area contributed by atoms with Gasteiger partial charge in [0.15, 0.2) is 17.5 Å². The molecule has 60 heavy (non-hydrogen) atoms. The van der Waals surface area contributed by atoms with Gasteiger partial charge >= 0.3 is 0 Å². The molecule has 3 heteroatoms. The van der Waals surface area contributed by atoms with E-state index in [4.69, 9.17) is 15.0 Å². The van der Waals surface area contributed by atoms with Gasteiger partial charge in [0.05, 0.1) is 0 Å². The predicted octanol–water partition coefficient (Wildman–Crippen LogP) is 14.2. The maximum Gasteiger partial charge on any atom is 0.164 e. The number of nitrogens with zero attached hydrogens (tertiary/aromatic N) is 3. The highest BCUT2D eigenvalue weighted by atomic mass is 15.0. The molecule has 288 valence electrons. The van der Waals surface area contributed by atoms with E-state index in [1.54, 1.807) is 0 Å². The van der Waals surface area contributed by atoms with Crippen molar-refractivity contribution in [3.63, 3.8) is 0 Å². The van der Waals surface area contributed by atoms with Gasteiger partial charge in [-0.05, 0) is 90.2 Å². The number of rotatable bonds is 6. The van der Waals surface area contributed by atoms with E-state index in [-0.39, 0.29) is 10.8 Å². The van der Waals surface area contributed by atoms with Crippen LogP contribution in [0.15, 0.2) is 194 Å². The molecule has 2 unspecified atom stereocenters. The Kier molecular flexibility index (Phi) is 8.32. The zero-order valence-corrected chi connectivity index (χ0v) is 34.4. The molecule has 2 atom stereocenters. The topological polar surface area (TPSA) is 38.7 Å². The molecular weight excluding hydrogens is 727 g/mol. The first-order chi connectivity index (χ1) is 29.2. The van der Waals surface area contributed by atoms with Gasteiger partial charge in [-0.25, -0.2) is 15.0 Å². The molecular formula is C57H45N3. The molecule has 0 fully saturated rings. The normalized spacial score (nSPS) is 17.8. The van der Waals surface area contributed by atoms with Crippen LogP contribution in [0.1, 0.15) is 55.9 Å². The zero-order valence-electron chi connectivity index (χ0n) is 34.4. The molecule has 1 heterocycles. The fraction of sp³-hybridized carbons (Fsp3) is 0.140. The van der Waals surface area contributed by atoms with Crippen LogP contribution < -0.4 is 0 Å². The lowest BCUT2D eigenvalue weighted by molar-refractivity contribution is 0.393. The van der Waals surface area contributed by atoms with Crippen LogP contribution in [-0.4, -0.2) is 15.0 Å². The quantitative estimate of drug-likeness (QED) is 0.169. The fourth-order valence-electron chi connectivity index (χ4n) is 10.1. The van der Waals surface area contributed by atoms with Gasteiger partial charge in [-0.15, -0.1) is 0 Å². The molecule has 8 aromatic rings. The van der Waals surface area contributed by atoms with Gasteiger partial charge in [-0.3, -0.25) is 0 Å². The summed E-state index contributed by atoms with van der Waals surface area (Å²) in [6, 6.07) is 62.8. The van der Waals surface area contributed by atoms with Crippen molar-refractivity contribution < 1.29 is 0 Å². The van der Waals surface area contributed by atoms with Gasteiger partial charge in [0.1, 0.15) is 0 Å². The first kappa shape index (κ1) is 36.1. The van der Waals surface area contributed by atoms with Crippen LogP contribution in [0.3, 0.4) is 0 Å². The third kappa shape index (κ3) is 5.91. The highest BCUT2D eigenvalue weighted by Crippen LogP contribution is 2.60. The predicted molar refractivity (Wildman–Crippen MR) is 247 cm³/mol. The van der Waals surface area contributed by atoms with E-state index in [1.165, 1.54) is 50.1 Å². The van der Waals surface area contributed by atoms with Gasteiger partial charge in [-0.2, -0.15) is 0 Å². The van der Waals surface area contributed by atoms with Crippen molar-refractivity contribution in [2.45, 2.75) is 44.4 Å². The van der Waals surface area contributed by atoms with Crippen molar-refractivity contribution in [1.29, 1.82) is 0 Å². The van der Waals surface area contributed by atoms with Crippen molar-refractivity contribution in [2.75, 3.05) is 0 Å². The summed E-state index contributed by atoms with van der Waals surface area (Å²) in [5.74, 6) is 2.81. The van der Waals surface area contributed by atoms with Crippen molar-refractivity contribution in [2.24, 2.45) is 5.92 Å². The lowest BCUT2D eigenvalue weighted by atomic mass is 9.70. The van der Waals surface area contributed by atoms with Crippen LogP contribution in [0.4, 0.5) is 0 Å². The third-order valence-electron chi connectivity index (χ3n) is 13.5. The Morgan fingerprint density at radius 2 is 0.850 bits per heavy atom. The molecule has 0 bridgehead atoms. The van der Waals surface area contributed by atoms with Crippen LogP contribution in [0.25, 0.3) is 73.1 Å². The summed E-state index contributed by atoms with van der Waals surface area (Å²) < 4.78 is 0. The van der Waals surface area contributed by atoms with Crippen LogP contribution in [0, 0.1) is 5.92 Å². The lowest BCUT2D eigenvalue weighted by Crippen LogP contribution is -2.27. The van der Waals surface area contributed by atoms with E-state index >= 15 is 0 Å². The Hall–Kier alpha value is -6.97. The van der Waals surface area contributed by atoms with E-state index in [0.29, 0.717) is 29.3 Å². The molecule has 0 saturated heterocycles. The van der Waals surface area contributed by atoms with Crippen LogP contribution >= 0.6 is 0 Å². The number of fused-ring (bicyclic) bond motifs is 6. The zero-order chi connectivity index (χ0) is 40.6. The van der Waals surface area contributed by atoms with E-state index < -0.39 is 0 Å². The Balaban J connectivity index is 0.910. The first-order valence-electron chi connectivity index (χ1n) is 21.1. The molecule has 0 aliphatic heterocycles. The minimum Gasteiger partial charge on any atom is -0.208 e. The molecule has 3 nitrogen and oxygen atoms in total. The Bertz CT molecular complexity index is 3010. The summed E-state index contributed by atoms with van der Waals surface area (Å²) in [7, 11) is 0. The number of aromatic nitrogens is 3. The molecule has 11 rings (SSSR count). The molecule has 7 aromatic carbocycles. The molecule has 3 aliphatic rings. The number of allylic oxidation sites excluding steroid dienone is 4. The molecule has 0 N–H and O–H groups in total. The second-order valence-corrected chi connectivity index (χ2v) is 17.7. The summed E-state index contributed by atoms with van der Waals surface area (Å²) in [6.07, 6.45) is 5.23. The maximum atomic E-state index is 5.06. The minimum atomic E-state index is -0.0463. The van der Waals surface area contributed by atoms with Crippen molar-refractivity contribution in [1.82, 2.24) is 15.0 Å². The molecule has 0 radical (unpaired) electrons. The van der Waals surface area contributed by atoms with Gasteiger partial charge in [0.25, 0.3) is 0 Å². The van der Waals surface area contributed by atoms with E-state index in [2.05, 4.69) is 179 Å². The summed E-state index contributed by atoms with van der Waals surface area (Å²) in [6.45, 7) is 9.65. The smallest absolute Gasteiger partial charge is 0.164 e. The largest absolute Gasteiger partial charge is 0.208 e. The highest BCUT2D eigenvalue weighted by Gasteiger charge is 2.49. The molecule has 0 spiro atoms. The third-order valence-corrected chi connectivity index (χ3v) is 13.5.